The first-order chi connectivity index (χ1) is 9.54. The van der Waals surface area contributed by atoms with E-state index in [1.54, 1.807) is 14.0 Å². The molecule has 0 aliphatic carbocycles. The maximum atomic E-state index is 11.4. The molecule has 0 saturated heterocycles. The number of carbonyl (C=O) groups excluding carboxylic acids is 1. The second-order valence-corrected chi connectivity index (χ2v) is 4.02. The second kappa shape index (κ2) is 8.05. The average Bonchev–Trinajstić information content (AvgIpc) is 2.38. The van der Waals surface area contributed by atoms with Crippen LogP contribution in [0.1, 0.15) is 22.5 Å². The lowest BCUT2D eigenvalue weighted by Crippen LogP contribution is -2.28. The molecule has 0 aliphatic heterocycles. The van der Waals surface area contributed by atoms with Crippen molar-refractivity contribution >= 4 is 17.8 Å². The van der Waals surface area contributed by atoms with Crippen molar-refractivity contribution in [1.29, 1.82) is 0 Å². The van der Waals surface area contributed by atoms with Crippen LogP contribution in [-0.4, -0.2) is 53.8 Å². The fourth-order valence-electron chi connectivity index (χ4n) is 1.43. The monoisotopic (exact) mass is 282 g/mol. The summed E-state index contributed by atoms with van der Waals surface area (Å²) in [6.45, 7) is 2.90. The lowest BCUT2D eigenvalue weighted by atomic mass is 10.2. The summed E-state index contributed by atoms with van der Waals surface area (Å²) in [7, 11) is 1.56. The molecular formula is C12H18N4O4. The van der Waals surface area contributed by atoms with Gasteiger partial charge in [0.15, 0.2) is 0 Å². The number of rotatable bonds is 8. The zero-order valence-corrected chi connectivity index (χ0v) is 11.5. The smallest absolute Gasteiger partial charge is 0.339 e. The van der Waals surface area contributed by atoms with Crippen LogP contribution in [0.2, 0.25) is 0 Å². The molecule has 1 heterocycles. The molecular weight excluding hydrogens is 264 g/mol. The molecule has 0 unspecified atom stereocenters. The topological polar surface area (TPSA) is 113 Å². The second-order valence-electron chi connectivity index (χ2n) is 4.02. The molecule has 0 spiro atoms. The van der Waals surface area contributed by atoms with Gasteiger partial charge in [-0.3, -0.25) is 4.79 Å². The van der Waals surface area contributed by atoms with Gasteiger partial charge in [0.05, 0.1) is 17.9 Å². The number of carboxylic acid groups (broad SMARTS) is 1. The van der Waals surface area contributed by atoms with E-state index in [0.29, 0.717) is 31.3 Å². The molecule has 110 valence electrons. The number of hydrogen-bond acceptors (Lipinski definition) is 6. The van der Waals surface area contributed by atoms with Crippen LogP contribution in [0.15, 0.2) is 6.20 Å². The van der Waals surface area contributed by atoms with Crippen molar-refractivity contribution in [2.75, 3.05) is 32.1 Å². The quantitative estimate of drug-likeness (QED) is 0.577. The normalized spacial score (nSPS) is 10.1. The van der Waals surface area contributed by atoms with Crippen LogP contribution in [0.25, 0.3) is 0 Å². The molecule has 0 radical (unpaired) electrons. The summed E-state index contributed by atoms with van der Waals surface area (Å²) >= 11 is 0. The SMILES string of the molecule is COCCNC(=O)CCNc1ncc(C(=O)O)c(C)n1. The van der Waals surface area contributed by atoms with E-state index < -0.39 is 5.97 Å². The van der Waals surface area contributed by atoms with Gasteiger partial charge in [0.1, 0.15) is 0 Å². The van der Waals surface area contributed by atoms with E-state index in [1.807, 2.05) is 0 Å². The molecule has 3 N–H and O–H groups in total. The van der Waals surface area contributed by atoms with E-state index in [9.17, 15) is 9.59 Å². The van der Waals surface area contributed by atoms with Crippen LogP contribution in [0.3, 0.4) is 0 Å². The highest BCUT2D eigenvalue weighted by molar-refractivity contribution is 5.88. The van der Waals surface area contributed by atoms with Crippen LogP contribution in [0, 0.1) is 6.92 Å². The zero-order valence-electron chi connectivity index (χ0n) is 11.5. The van der Waals surface area contributed by atoms with Crippen molar-refractivity contribution in [2.24, 2.45) is 0 Å². The number of nitrogens with one attached hydrogen (secondary N) is 2. The predicted molar refractivity (Wildman–Crippen MR) is 71.7 cm³/mol. The van der Waals surface area contributed by atoms with E-state index in [-0.39, 0.29) is 17.9 Å². The van der Waals surface area contributed by atoms with Crippen molar-refractivity contribution in [2.45, 2.75) is 13.3 Å². The Labute approximate surface area is 116 Å². The van der Waals surface area contributed by atoms with E-state index in [2.05, 4.69) is 20.6 Å². The molecule has 0 atom stereocenters. The summed E-state index contributed by atoms with van der Waals surface area (Å²) in [4.78, 5) is 30.1. The van der Waals surface area contributed by atoms with Gasteiger partial charge >= 0.3 is 5.97 Å². The number of carbonyl (C=O) groups is 2. The Morgan fingerprint density at radius 1 is 1.40 bits per heavy atom. The fraction of sp³-hybridized carbons (Fsp3) is 0.500. The number of nitrogens with zero attached hydrogens (tertiary/aromatic N) is 2. The Morgan fingerprint density at radius 2 is 2.15 bits per heavy atom. The van der Waals surface area contributed by atoms with Gasteiger partial charge in [-0.05, 0) is 6.92 Å². The van der Waals surface area contributed by atoms with Crippen molar-refractivity contribution in [3.8, 4) is 0 Å². The minimum atomic E-state index is -1.06. The fourth-order valence-corrected chi connectivity index (χ4v) is 1.43. The molecule has 8 heteroatoms. The van der Waals surface area contributed by atoms with Crippen LogP contribution >= 0.6 is 0 Å². The molecule has 20 heavy (non-hydrogen) atoms. The highest BCUT2D eigenvalue weighted by Crippen LogP contribution is 2.06. The van der Waals surface area contributed by atoms with Crippen molar-refractivity contribution in [1.82, 2.24) is 15.3 Å². The van der Waals surface area contributed by atoms with Gasteiger partial charge in [0.25, 0.3) is 0 Å². The first-order valence-corrected chi connectivity index (χ1v) is 6.11. The first kappa shape index (κ1) is 15.8. The van der Waals surface area contributed by atoms with Gasteiger partial charge in [-0.1, -0.05) is 0 Å². The molecule has 1 amide bonds. The number of methoxy groups -OCH3 is 1. The number of carboxylic acids is 1. The van der Waals surface area contributed by atoms with Crippen LogP contribution < -0.4 is 10.6 Å². The Kier molecular flexibility index (Phi) is 6.38. The third-order valence-corrected chi connectivity index (χ3v) is 2.47. The molecule has 0 aromatic carbocycles. The standard InChI is InChI=1S/C12H18N4O4/c1-8-9(11(18)19)7-15-12(16-8)14-4-3-10(17)13-5-6-20-2/h7H,3-6H2,1-2H3,(H,13,17)(H,18,19)(H,14,15,16). The molecule has 0 bridgehead atoms. The Bertz CT molecular complexity index is 479. The molecule has 0 aliphatic rings. The number of ether oxygens (including phenoxy) is 1. The third-order valence-electron chi connectivity index (χ3n) is 2.47. The van der Waals surface area contributed by atoms with Gasteiger partial charge in [-0.15, -0.1) is 0 Å². The summed E-state index contributed by atoms with van der Waals surface area (Å²) in [5.41, 5.74) is 0.437. The molecule has 1 aromatic heterocycles. The van der Waals surface area contributed by atoms with E-state index in [0.717, 1.165) is 0 Å². The zero-order chi connectivity index (χ0) is 15.0. The summed E-state index contributed by atoms with van der Waals surface area (Å²) in [5, 5.41) is 14.4. The lowest BCUT2D eigenvalue weighted by molar-refractivity contribution is -0.121. The number of amides is 1. The maximum Gasteiger partial charge on any atom is 0.339 e. The van der Waals surface area contributed by atoms with Crippen LogP contribution in [-0.2, 0) is 9.53 Å². The lowest BCUT2D eigenvalue weighted by Gasteiger charge is -2.07. The summed E-state index contributed by atoms with van der Waals surface area (Å²) < 4.78 is 4.81. The van der Waals surface area contributed by atoms with Crippen molar-refractivity contribution in [3.05, 3.63) is 17.5 Å². The maximum absolute atomic E-state index is 11.4. The van der Waals surface area contributed by atoms with Gasteiger partial charge < -0.3 is 20.5 Å². The van der Waals surface area contributed by atoms with E-state index in [4.69, 9.17) is 9.84 Å². The highest BCUT2D eigenvalue weighted by Gasteiger charge is 2.09. The molecule has 0 fully saturated rings. The van der Waals surface area contributed by atoms with Crippen molar-refractivity contribution in [3.63, 3.8) is 0 Å². The van der Waals surface area contributed by atoms with Crippen molar-refractivity contribution < 1.29 is 19.4 Å². The van der Waals surface area contributed by atoms with Gasteiger partial charge in [-0.2, -0.15) is 0 Å². The Hall–Kier alpha value is -2.22. The number of hydrogen-bond donors (Lipinski definition) is 3. The number of aryl methyl sites for hydroxylation is 1. The Morgan fingerprint density at radius 3 is 2.75 bits per heavy atom. The highest BCUT2D eigenvalue weighted by atomic mass is 16.5. The van der Waals surface area contributed by atoms with Gasteiger partial charge in [0, 0.05) is 32.8 Å². The third kappa shape index (κ3) is 5.19. The van der Waals surface area contributed by atoms with Crippen LogP contribution in [0.5, 0.6) is 0 Å². The largest absolute Gasteiger partial charge is 0.478 e. The minimum Gasteiger partial charge on any atom is -0.478 e. The molecule has 1 aromatic rings. The summed E-state index contributed by atoms with van der Waals surface area (Å²) in [6, 6.07) is 0. The first-order valence-electron chi connectivity index (χ1n) is 6.11. The molecule has 1 rings (SSSR count). The van der Waals surface area contributed by atoms with Gasteiger partial charge in [0.2, 0.25) is 11.9 Å². The van der Waals surface area contributed by atoms with E-state index >= 15 is 0 Å². The number of aromatic nitrogens is 2. The van der Waals surface area contributed by atoms with E-state index in [1.165, 1.54) is 6.20 Å². The molecule has 8 nitrogen and oxygen atoms in total. The summed E-state index contributed by atoms with van der Waals surface area (Å²) in [6.07, 6.45) is 1.51. The van der Waals surface area contributed by atoms with Gasteiger partial charge in [-0.25, -0.2) is 14.8 Å². The number of aromatic carboxylic acids is 1. The average molecular weight is 282 g/mol. The number of anilines is 1. The minimum absolute atomic E-state index is 0.0628. The molecule has 0 saturated carbocycles. The Balaban J connectivity index is 2.37. The predicted octanol–water partition coefficient (Wildman–Crippen LogP) is 0.0478. The summed E-state index contributed by atoms with van der Waals surface area (Å²) in [5.74, 6) is -0.864. The van der Waals surface area contributed by atoms with Crippen LogP contribution in [0.4, 0.5) is 5.95 Å².